The fourth-order valence-corrected chi connectivity index (χ4v) is 2.64. The maximum atomic E-state index is 5.70. The zero-order valence-electron chi connectivity index (χ0n) is 10.9. The maximum absolute atomic E-state index is 5.70. The smallest absolute Gasteiger partial charge is 0.124 e. The van der Waals surface area contributed by atoms with E-state index in [1.165, 1.54) is 19.3 Å². The lowest BCUT2D eigenvalue weighted by Gasteiger charge is -2.39. The van der Waals surface area contributed by atoms with Gasteiger partial charge < -0.3 is 11.2 Å². The summed E-state index contributed by atoms with van der Waals surface area (Å²) in [6.45, 7) is 4.47. The molecule has 0 amide bonds. The number of hydrazine groups is 1. The molecule has 1 fully saturated rings. The number of pyridine rings is 1. The molecule has 0 aliphatic carbocycles. The van der Waals surface area contributed by atoms with E-state index < -0.39 is 0 Å². The van der Waals surface area contributed by atoms with Crippen LogP contribution in [0.1, 0.15) is 38.8 Å². The van der Waals surface area contributed by atoms with Gasteiger partial charge >= 0.3 is 0 Å². The van der Waals surface area contributed by atoms with E-state index >= 15 is 0 Å². The summed E-state index contributed by atoms with van der Waals surface area (Å²) < 4.78 is 0. The molecule has 2 unspecified atom stereocenters. The highest BCUT2D eigenvalue weighted by molar-refractivity contribution is 7.80. The van der Waals surface area contributed by atoms with Crippen LogP contribution in [-0.4, -0.2) is 27.1 Å². The average molecular weight is 264 g/mol. The largest absolute Gasteiger partial charge is 0.388 e. The van der Waals surface area contributed by atoms with Crippen LogP contribution in [-0.2, 0) is 0 Å². The molecule has 0 radical (unpaired) electrons. The number of hydrogen-bond acceptors (Lipinski definition) is 4. The number of nitrogens with one attached hydrogen (secondary N) is 1. The molecule has 2 atom stereocenters. The van der Waals surface area contributed by atoms with Crippen LogP contribution in [0, 0.1) is 0 Å². The molecule has 0 bridgehead atoms. The highest BCUT2D eigenvalue weighted by Crippen LogP contribution is 2.24. The van der Waals surface area contributed by atoms with Crippen LogP contribution in [0.5, 0.6) is 0 Å². The predicted octanol–water partition coefficient (Wildman–Crippen LogP) is 2.31. The Balaban J connectivity index is 2.20. The van der Waals surface area contributed by atoms with Gasteiger partial charge in [0.25, 0.3) is 0 Å². The molecule has 2 rings (SSSR count). The van der Waals surface area contributed by atoms with Gasteiger partial charge in [-0.3, -0.25) is 4.98 Å². The van der Waals surface area contributed by atoms with Crippen LogP contribution in [0.4, 0.5) is 5.69 Å². The Morgan fingerprint density at radius 1 is 1.44 bits per heavy atom. The van der Waals surface area contributed by atoms with E-state index in [-0.39, 0.29) is 0 Å². The minimum atomic E-state index is 0.329. The zero-order valence-corrected chi connectivity index (χ0v) is 11.7. The Morgan fingerprint density at radius 2 is 2.11 bits per heavy atom. The van der Waals surface area contributed by atoms with E-state index in [0.29, 0.717) is 22.8 Å². The lowest BCUT2D eigenvalue weighted by Crippen LogP contribution is -2.47. The second-order valence-electron chi connectivity index (χ2n) is 4.91. The van der Waals surface area contributed by atoms with Gasteiger partial charge in [0, 0.05) is 18.3 Å². The minimum Gasteiger partial charge on any atom is -0.388 e. The van der Waals surface area contributed by atoms with E-state index in [2.05, 4.69) is 29.3 Å². The highest BCUT2D eigenvalue weighted by atomic mass is 32.1. The first-order valence-electron chi connectivity index (χ1n) is 6.39. The summed E-state index contributed by atoms with van der Waals surface area (Å²) >= 11 is 5.03. The third-order valence-corrected chi connectivity index (χ3v) is 3.68. The van der Waals surface area contributed by atoms with Gasteiger partial charge in [0.05, 0.1) is 5.69 Å². The van der Waals surface area contributed by atoms with Gasteiger partial charge in [-0.2, -0.15) is 0 Å². The van der Waals surface area contributed by atoms with Gasteiger partial charge in [-0.05, 0) is 38.8 Å². The Bertz CT molecular complexity index is 425. The number of nitrogens with zero attached hydrogens (tertiary/aromatic N) is 2. The summed E-state index contributed by atoms with van der Waals surface area (Å²) in [5.74, 6) is 0. The number of nitrogens with two attached hydrogens (primary N) is 1. The number of aromatic nitrogens is 1. The second-order valence-corrected chi connectivity index (χ2v) is 5.35. The third kappa shape index (κ3) is 2.79. The molecule has 4 nitrogen and oxygen atoms in total. The summed E-state index contributed by atoms with van der Waals surface area (Å²) in [6.07, 6.45) is 5.42. The molecule has 1 aromatic rings. The van der Waals surface area contributed by atoms with Crippen molar-refractivity contribution in [1.82, 2.24) is 9.99 Å². The first-order chi connectivity index (χ1) is 8.59. The quantitative estimate of drug-likeness (QED) is 0.821. The van der Waals surface area contributed by atoms with Crippen molar-refractivity contribution in [1.29, 1.82) is 0 Å². The molecule has 1 saturated heterocycles. The van der Waals surface area contributed by atoms with Crippen LogP contribution < -0.4 is 11.2 Å². The van der Waals surface area contributed by atoms with E-state index in [0.717, 1.165) is 5.69 Å². The van der Waals surface area contributed by atoms with Crippen molar-refractivity contribution < 1.29 is 0 Å². The van der Waals surface area contributed by atoms with Gasteiger partial charge in [-0.15, -0.1) is 0 Å². The molecule has 0 aromatic carbocycles. The van der Waals surface area contributed by atoms with Crippen LogP contribution in [0.25, 0.3) is 0 Å². The van der Waals surface area contributed by atoms with Crippen molar-refractivity contribution in [3.63, 3.8) is 0 Å². The van der Waals surface area contributed by atoms with Gasteiger partial charge in [-0.1, -0.05) is 18.6 Å². The molecular formula is C13H20N4S. The lowest BCUT2D eigenvalue weighted by atomic mass is 10.00. The third-order valence-electron chi connectivity index (χ3n) is 3.48. The first-order valence-corrected chi connectivity index (χ1v) is 6.80. The number of hydrogen-bond donors (Lipinski definition) is 2. The molecule has 18 heavy (non-hydrogen) atoms. The topological polar surface area (TPSA) is 54.2 Å². The number of thiocarbonyl (C=S) groups is 1. The second kappa shape index (κ2) is 5.63. The maximum Gasteiger partial charge on any atom is 0.124 e. The summed E-state index contributed by atoms with van der Waals surface area (Å²) in [5, 5.41) is 2.28. The summed E-state index contributed by atoms with van der Waals surface area (Å²) in [4.78, 5) is 4.57. The van der Waals surface area contributed by atoms with Gasteiger partial charge in [0.15, 0.2) is 0 Å². The average Bonchev–Trinajstić information content (AvgIpc) is 2.34. The molecule has 0 spiro atoms. The first kappa shape index (κ1) is 13.2. The van der Waals surface area contributed by atoms with E-state index in [1.807, 2.05) is 12.1 Å². The molecular weight excluding hydrogens is 244 g/mol. The van der Waals surface area contributed by atoms with Crippen molar-refractivity contribution >= 4 is 22.9 Å². The molecule has 3 N–H and O–H groups in total. The summed E-state index contributed by atoms with van der Waals surface area (Å²) in [6, 6.07) is 4.88. The van der Waals surface area contributed by atoms with Crippen molar-refractivity contribution in [3.05, 3.63) is 24.0 Å². The van der Waals surface area contributed by atoms with Crippen LogP contribution in [0.15, 0.2) is 18.3 Å². The Morgan fingerprint density at radius 3 is 2.72 bits per heavy atom. The fraction of sp³-hybridized carbons (Fsp3) is 0.538. The molecule has 1 aliphatic heterocycles. The molecule has 1 aliphatic rings. The van der Waals surface area contributed by atoms with E-state index in [1.54, 1.807) is 6.20 Å². The van der Waals surface area contributed by atoms with Crippen LogP contribution in [0.2, 0.25) is 0 Å². The molecule has 5 heteroatoms. The van der Waals surface area contributed by atoms with Crippen LogP contribution >= 0.6 is 12.2 Å². The Hall–Kier alpha value is -1.20. The number of piperidine rings is 1. The monoisotopic (exact) mass is 264 g/mol. The molecule has 98 valence electrons. The Kier molecular flexibility index (Phi) is 4.14. The zero-order chi connectivity index (χ0) is 13.1. The van der Waals surface area contributed by atoms with Crippen LogP contribution in [0.3, 0.4) is 0 Å². The SMILES string of the molecule is CC1CCCC(C)N1Nc1cccnc1C(N)=S. The normalized spacial score (nSPS) is 24.8. The number of anilines is 1. The van der Waals surface area contributed by atoms with Gasteiger partial charge in [0.2, 0.25) is 0 Å². The molecule has 0 saturated carbocycles. The summed E-state index contributed by atoms with van der Waals surface area (Å²) in [7, 11) is 0. The standard InChI is InChI=1S/C13H20N4S/c1-9-5-3-6-10(2)17(9)16-11-7-4-8-15-12(11)13(14)18/h4,7-10,16H,3,5-6H2,1-2H3,(H2,14,18). The van der Waals surface area contributed by atoms with Crippen molar-refractivity contribution in [2.45, 2.75) is 45.2 Å². The van der Waals surface area contributed by atoms with E-state index in [9.17, 15) is 0 Å². The van der Waals surface area contributed by atoms with Crippen molar-refractivity contribution in [2.75, 3.05) is 5.43 Å². The number of rotatable bonds is 3. The minimum absolute atomic E-state index is 0.329. The van der Waals surface area contributed by atoms with E-state index in [4.69, 9.17) is 18.0 Å². The lowest BCUT2D eigenvalue weighted by molar-refractivity contribution is 0.135. The predicted molar refractivity (Wildman–Crippen MR) is 78.4 cm³/mol. The van der Waals surface area contributed by atoms with Crippen molar-refractivity contribution in [3.8, 4) is 0 Å². The fourth-order valence-electron chi connectivity index (χ4n) is 2.47. The Labute approximate surface area is 114 Å². The molecule has 1 aromatic heterocycles. The molecule has 2 heterocycles. The van der Waals surface area contributed by atoms with Gasteiger partial charge in [0.1, 0.15) is 10.7 Å². The van der Waals surface area contributed by atoms with Gasteiger partial charge in [-0.25, -0.2) is 5.01 Å². The highest BCUT2D eigenvalue weighted by Gasteiger charge is 2.25. The summed E-state index contributed by atoms with van der Waals surface area (Å²) in [5.41, 5.74) is 10.7. The van der Waals surface area contributed by atoms with Crippen molar-refractivity contribution in [2.24, 2.45) is 5.73 Å².